The number of aliphatic hydroxyl groups is 1. The van der Waals surface area contributed by atoms with Crippen molar-refractivity contribution in [3.8, 4) is 0 Å². The van der Waals surface area contributed by atoms with Gasteiger partial charge in [-0.1, -0.05) is 25.1 Å². The Morgan fingerprint density at radius 3 is 2.95 bits per heavy atom. The van der Waals surface area contributed by atoms with Crippen molar-refractivity contribution in [2.24, 2.45) is 0 Å². The van der Waals surface area contributed by atoms with Gasteiger partial charge in [0.25, 0.3) is 0 Å². The summed E-state index contributed by atoms with van der Waals surface area (Å²) in [6, 6.07) is 6.56. The Bertz CT molecular complexity index is 401. The van der Waals surface area contributed by atoms with E-state index in [1.165, 1.54) is 16.8 Å². The third-order valence-corrected chi connectivity index (χ3v) is 3.56. The number of benzene rings is 1. The summed E-state index contributed by atoms with van der Waals surface area (Å²) in [4.78, 5) is 2.37. The van der Waals surface area contributed by atoms with Crippen LogP contribution in [0.2, 0.25) is 0 Å². The van der Waals surface area contributed by atoms with Crippen LogP contribution in [0.5, 0.6) is 0 Å². The van der Waals surface area contributed by atoms with Crippen molar-refractivity contribution in [1.29, 1.82) is 0 Å². The molecule has 0 unspecified atom stereocenters. The smallest absolute Gasteiger partial charge is 0.0698 e. The van der Waals surface area contributed by atoms with Crippen LogP contribution < -0.4 is 5.32 Å². The summed E-state index contributed by atoms with van der Waals surface area (Å²) in [5.74, 6) is 0. The maximum atomic E-state index is 8.68. The lowest BCUT2D eigenvalue weighted by Crippen LogP contribution is -2.27. The Kier molecular flexibility index (Phi) is 7.92. The lowest BCUT2D eigenvalue weighted by atomic mass is 10.1. The standard InChI is InChI=1S/C15H24N2O2.ClH/c1-2-17(8-10-19-11-9-18)12-14-5-3-4-13-6-7-16-15(13)14;/h3-5,16,18H,2,6-12H2,1H3;1H. The first-order valence-corrected chi connectivity index (χ1v) is 7.10. The highest BCUT2D eigenvalue weighted by atomic mass is 35.5. The fourth-order valence-electron chi connectivity index (χ4n) is 2.49. The number of nitrogens with one attached hydrogen (secondary N) is 1. The maximum Gasteiger partial charge on any atom is 0.0698 e. The van der Waals surface area contributed by atoms with Crippen molar-refractivity contribution in [1.82, 2.24) is 4.90 Å². The molecule has 114 valence electrons. The quantitative estimate of drug-likeness (QED) is 0.720. The van der Waals surface area contributed by atoms with Gasteiger partial charge in [-0.25, -0.2) is 0 Å². The Hall–Kier alpha value is -0.810. The van der Waals surface area contributed by atoms with Gasteiger partial charge in [-0.2, -0.15) is 0 Å². The summed E-state index contributed by atoms with van der Waals surface area (Å²) in [6.07, 6.45) is 1.13. The van der Waals surface area contributed by atoms with Gasteiger partial charge in [-0.05, 0) is 24.1 Å². The number of fused-ring (bicyclic) bond motifs is 1. The van der Waals surface area contributed by atoms with Crippen LogP contribution in [-0.4, -0.2) is 49.5 Å². The van der Waals surface area contributed by atoms with E-state index < -0.39 is 0 Å². The second kappa shape index (κ2) is 9.19. The Morgan fingerprint density at radius 2 is 2.20 bits per heavy atom. The van der Waals surface area contributed by atoms with E-state index in [1.54, 1.807) is 0 Å². The summed E-state index contributed by atoms with van der Waals surface area (Å²) >= 11 is 0. The fraction of sp³-hybridized carbons (Fsp3) is 0.600. The number of ether oxygens (including phenoxy) is 1. The van der Waals surface area contributed by atoms with Crippen LogP contribution in [0.4, 0.5) is 5.69 Å². The van der Waals surface area contributed by atoms with E-state index in [1.807, 2.05) is 0 Å². The number of likely N-dealkylation sites (N-methyl/N-ethyl adjacent to an activating group) is 1. The molecular formula is C15H25ClN2O2. The van der Waals surface area contributed by atoms with Crippen LogP contribution in [-0.2, 0) is 17.7 Å². The minimum absolute atomic E-state index is 0. The number of aliphatic hydroxyl groups excluding tert-OH is 1. The number of hydrogen-bond donors (Lipinski definition) is 2. The third-order valence-electron chi connectivity index (χ3n) is 3.56. The molecule has 0 radical (unpaired) electrons. The summed E-state index contributed by atoms with van der Waals surface area (Å²) in [7, 11) is 0. The molecule has 1 aromatic rings. The van der Waals surface area contributed by atoms with Crippen LogP contribution in [0.15, 0.2) is 18.2 Å². The minimum Gasteiger partial charge on any atom is -0.394 e. The molecular weight excluding hydrogens is 276 g/mol. The first-order valence-electron chi connectivity index (χ1n) is 7.10. The summed E-state index contributed by atoms with van der Waals surface area (Å²) in [5.41, 5.74) is 4.14. The topological polar surface area (TPSA) is 44.7 Å². The van der Waals surface area contributed by atoms with Crippen LogP contribution in [0.25, 0.3) is 0 Å². The highest BCUT2D eigenvalue weighted by Crippen LogP contribution is 2.27. The van der Waals surface area contributed by atoms with Crippen LogP contribution >= 0.6 is 12.4 Å². The van der Waals surface area contributed by atoms with Gasteiger partial charge in [0.1, 0.15) is 0 Å². The molecule has 1 aliphatic heterocycles. The highest BCUT2D eigenvalue weighted by molar-refractivity contribution is 5.85. The Labute approximate surface area is 127 Å². The third kappa shape index (κ3) is 4.63. The minimum atomic E-state index is 0. The predicted molar refractivity (Wildman–Crippen MR) is 84.7 cm³/mol. The number of halogens is 1. The van der Waals surface area contributed by atoms with E-state index in [0.717, 1.165) is 32.6 Å². The molecule has 0 saturated carbocycles. The average molecular weight is 301 g/mol. The molecule has 0 spiro atoms. The molecule has 5 heteroatoms. The van der Waals surface area contributed by atoms with Crippen LogP contribution in [0.1, 0.15) is 18.1 Å². The van der Waals surface area contributed by atoms with E-state index in [0.29, 0.717) is 13.2 Å². The van der Waals surface area contributed by atoms with Crippen molar-refractivity contribution < 1.29 is 9.84 Å². The van der Waals surface area contributed by atoms with Crippen molar-refractivity contribution in [3.05, 3.63) is 29.3 Å². The molecule has 0 aliphatic carbocycles. The van der Waals surface area contributed by atoms with E-state index in [-0.39, 0.29) is 19.0 Å². The zero-order valence-electron chi connectivity index (χ0n) is 12.1. The molecule has 0 saturated heterocycles. The zero-order chi connectivity index (χ0) is 13.5. The van der Waals surface area contributed by atoms with E-state index in [4.69, 9.17) is 9.84 Å². The van der Waals surface area contributed by atoms with Crippen molar-refractivity contribution >= 4 is 18.1 Å². The number of hydrogen-bond acceptors (Lipinski definition) is 4. The molecule has 20 heavy (non-hydrogen) atoms. The lowest BCUT2D eigenvalue weighted by Gasteiger charge is -2.21. The molecule has 2 N–H and O–H groups in total. The van der Waals surface area contributed by atoms with Crippen molar-refractivity contribution in [2.75, 3.05) is 44.8 Å². The van der Waals surface area contributed by atoms with Crippen molar-refractivity contribution in [2.45, 2.75) is 19.9 Å². The molecule has 0 amide bonds. The summed E-state index contributed by atoms with van der Waals surface area (Å²) < 4.78 is 5.34. The van der Waals surface area contributed by atoms with Crippen LogP contribution in [0, 0.1) is 0 Å². The van der Waals surface area contributed by atoms with Gasteiger partial charge < -0.3 is 15.2 Å². The van der Waals surface area contributed by atoms with Crippen molar-refractivity contribution in [3.63, 3.8) is 0 Å². The monoisotopic (exact) mass is 300 g/mol. The first kappa shape index (κ1) is 17.2. The molecule has 4 nitrogen and oxygen atoms in total. The summed E-state index contributed by atoms with van der Waals surface area (Å²) in [5, 5.41) is 12.2. The fourth-order valence-corrected chi connectivity index (χ4v) is 2.49. The second-order valence-electron chi connectivity index (χ2n) is 4.83. The molecule has 1 heterocycles. The number of anilines is 1. The lowest BCUT2D eigenvalue weighted by molar-refractivity contribution is 0.0732. The average Bonchev–Trinajstić information content (AvgIpc) is 2.91. The normalized spacial score (nSPS) is 12.9. The van der Waals surface area contributed by atoms with Gasteiger partial charge >= 0.3 is 0 Å². The molecule has 0 bridgehead atoms. The first-order chi connectivity index (χ1) is 9.35. The molecule has 0 fully saturated rings. The van der Waals surface area contributed by atoms with E-state index in [2.05, 4.69) is 35.3 Å². The maximum absolute atomic E-state index is 8.68. The summed E-state index contributed by atoms with van der Waals surface area (Å²) in [6.45, 7) is 7.29. The number of para-hydroxylation sites is 1. The van der Waals surface area contributed by atoms with Gasteiger partial charge in [0.05, 0.1) is 19.8 Å². The molecule has 0 atom stereocenters. The zero-order valence-corrected chi connectivity index (χ0v) is 12.9. The molecule has 1 aromatic carbocycles. The van der Waals surface area contributed by atoms with Gasteiger partial charge in [0.15, 0.2) is 0 Å². The Balaban J connectivity index is 0.00000200. The van der Waals surface area contributed by atoms with Gasteiger partial charge in [-0.3, -0.25) is 4.90 Å². The molecule has 1 aliphatic rings. The Morgan fingerprint density at radius 1 is 1.35 bits per heavy atom. The predicted octanol–water partition coefficient (Wildman–Crippen LogP) is 1.91. The highest BCUT2D eigenvalue weighted by Gasteiger charge is 2.15. The number of nitrogens with zero attached hydrogens (tertiary/aromatic N) is 1. The van der Waals surface area contributed by atoms with E-state index in [9.17, 15) is 0 Å². The number of rotatable bonds is 8. The SMILES string of the molecule is CCN(CCOCCO)Cc1cccc2c1NCC2.Cl. The van der Waals surface area contributed by atoms with Gasteiger partial charge in [-0.15, -0.1) is 12.4 Å². The van der Waals surface area contributed by atoms with Crippen LogP contribution in [0.3, 0.4) is 0 Å². The molecule has 0 aromatic heterocycles. The van der Waals surface area contributed by atoms with Gasteiger partial charge in [0.2, 0.25) is 0 Å². The largest absolute Gasteiger partial charge is 0.394 e. The van der Waals surface area contributed by atoms with E-state index >= 15 is 0 Å². The molecule has 2 rings (SSSR count). The van der Waals surface area contributed by atoms with Gasteiger partial charge in [0, 0.05) is 25.3 Å². The second-order valence-corrected chi connectivity index (χ2v) is 4.83.